The smallest absolute Gasteiger partial charge is 0.275 e. The van der Waals surface area contributed by atoms with Gasteiger partial charge in [0.15, 0.2) is 0 Å². The molecule has 1 N–H and O–H groups in total. The van der Waals surface area contributed by atoms with Gasteiger partial charge in [0.05, 0.1) is 23.6 Å². The summed E-state index contributed by atoms with van der Waals surface area (Å²) in [4.78, 5) is 16.6. The molecule has 23 heavy (non-hydrogen) atoms. The molecule has 0 aliphatic rings. The van der Waals surface area contributed by atoms with Crippen LogP contribution < -0.4 is 10.2 Å². The van der Waals surface area contributed by atoms with Gasteiger partial charge in [-0.15, -0.1) is 0 Å². The fourth-order valence-corrected chi connectivity index (χ4v) is 2.25. The quantitative estimate of drug-likeness (QED) is 0.639. The number of hydrogen-bond acceptors (Lipinski definition) is 4. The van der Waals surface area contributed by atoms with Crippen LogP contribution in [-0.2, 0) is 0 Å². The molecule has 0 bridgehead atoms. The zero-order chi connectivity index (χ0) is 16.8. The Morgan fingerprint density at radius 1 is 1.35 bits per heavy atom. The Hall–Kier alpha value is -2.21. The average Bonchev–Trinajstić information content (AvgIpc) is 2.48. The van der Waals surface area contributed by atoms with Gasteiger partial charge in [-0.25, -0.2) is 5.43 Å². The summed E-state index contributed by atoms with van der Waals surface area (Å²) in [7, 11) is 0. The van der Waals surface area contributed by atoms with Gasteiger partial charge in [0.25, 0.3) is 5.91 Å². The zero-order valence-corrected chi connectivity index (χ0v) is 14.8. The Kier molecular flexibility index (Phi) is 5.87. The van der Waals surface area contributed by atoms with Gasteiger partial charge in [-0.2, -0.15) is 5.10 Å². The van der Waals surface area contributed by atoms with Gasteiger partial charge in [0, 0.05) is 10.2 Å². The first-order valence-corrected chi connectivity index (χ1v) is 7.98. The standard InChI is InChI=1S/C17H18BrN3O2/c1-11(2)23-16-8-7-13(18)9-15(16)17(22)21-19-10-14-6-4-5-12(3)20-14/h4-11H,1-3H3,(H,21,22). The molecule has 0 unspecified atom stereocenters. The predicted octanol–water partition coefficient (Wildman–Crippen LogP) is 3.70. The van der Waals surface area contributed by atoms with Gasteiger partial charge in [0.1, 0.15) is 5.75 Å². The van der Waals surface area contributed by atoms with Crippen LogP contribution in [0.2, 0.25) is 0 Å². The number of nitrogens with one attached hydrogen (secondary N) is 1. The Labute approximate surface area is 143 Å². The van der Waals surface area contributed by atoms with Crippen molar-refractivity contribution in [2.24, 2.45) is 5.10 Å². The fourth-order valence-electron chi connectivity index (χ4n) is 1.89. The SMILES string of the molecule is Cc1cccc(C=NNC(=O)c2cc(Br)ccc2OC(C)C)n1. The van der Waals surface area contributed by atoms with Crippen molar-refractivity contribution in [3.05, 3.63) is 57.8 Å². The molecule has 5 nitrogen and oxygen atoms in total. The number of carbonyl (C=O) groups excluding carboxylic acids is 1. The molecule has 0 radical (unpaired) electrons. The highest BCUT2D eigenvalue weighted by atomic mass is 79.9. The van der Waals surface area contributed by atoms with E-state index in [0.717, 1.165) is 10.2 Å². The highest BCUT2D eigenvalue weighted by molar-refractivity contribution is 9.10. The highest BCUT2D eigenvalue weighted by Gasteiger charge is 2.13. The number of hydrazone groups is 1. The van der Waals surface area contributed by atoms with E-state index in [2.05, 4.69) is 31.4 Å². The van der Waals surface area contributed by atoms with E-state index in [9.17, 15) is 4.79 Å². The minimum absolute atomic E-state index is 0.0253. The lowest BCUT2D eigenvalue weighted by Gasteiger charge is -2.13. The van der Waals surface area contributed by atoms with E-state index in [0.29, 0.717) is 17.0 Å². The normalized spacial score (nSPS) is 11.0. The summed E-state index contributed by atoms with van der Waals surface area (Å²) in [6, 6.07) is 10.9. The third kappa shape index (κ3) is 5.17. The minimum Gasteiger partial charge on any atom is -0.490 e. The maximum absolute atomic E-state index is 12.3. The first-order chi connectivity index (χ1) is 11.0. The molecule has 0 fully saturated rings. The van der Waals surface area contributed by atoms with Crippen LogP contribution in [0.4, 0.5) is 0 Å². The Bertz CT molecular complexity index is 730. The number of benzene rings is 1. The van der Waals surface area contributed by atoms with Crippen molar-refractivity contribution in [2.45, 2.75) is 26.9 Å². The lowest BCUT2D eigenvalue weighted by atomic mass is 10.2. The summed E-state index contributed by atoms with van der Waals surface area (Å²) >= 11 is 3.36. The average molecular weight is 376 g/mol. The van der Waals surface area contributed by atoms with Crippen LogP contribution in [-0.4, -0.2) is 23.2 Å². The molecular weight excluding hydrogens is 358 g/mol. The molecule has 120 valence electrons. The third-order valence-corrected chi connectivity index (χ3v) is 3.31. The topological polar surface area (TPSA) is 63.6 Å². The van der Waals surface area contributed by atoms with Gasteiger partial charge in [-0.1, -0.05) is 22.0 Å². The second kappa shape index (κ2) is 7.87. The monoisotopic (exact) mass is 375 g/mol. The number of ether oxygens (including phenoxy) is 1. The minimum atomic E-state index is -0.342. The maximum Gasteiger partial charge on any atom is 0.275 e. The zero-order valence-electron chi connectivity index (χ0n) is 13.2. The molecule has 1 aromatic heterocycles. The number of amides is 1. The van der Waals surface area contributed by atoms with Gasteiger partial charge < -0.3 is 4.74 Å². The number of carbonyl (C=O) groups is 1. The van der Waals surface area contributed by atoms with Gasteiger partial charge in [0.2, 0.25) is 0 Å². The molecule has 1 amide bonds. The summed E-state index contributed by atoms with van der Waals surface area (Å²) in [6.07, 6.45) is 1.48. The van der Waals surface area contributed by atoms with Crippen molar-refractivity contribution in [3.63, 3.8) is 0 Å². The van der Waals surface area contributed by atoms with Crippen molar-refractivity contribution in [1.29, 1.82) is 0 Å². The van der Waals surface area contributed by atoms with Crippen molar-refractivity contribution in [3.8, 4) is 5.75 Å². The van der Waals surface area contributed by atoms with Crippen LogP contribution in [0.15, 0.2) is 46.0 Å². The van der Waals surface area contributed by atoms with Gasteiger partial charge >= 0.3 is 0 Å². The lowest BCUT2D eigenvalue weighted by molar-refractivity contribution is 0.0949. The molecule has 0 saturated carbocycles. The van der Waals surface area contributed by atoms with Crippen LogP contribution in [0.3, 0.4) is 0 Å². The third-order valence-electron chi connectivity index (χ3n) is 2.82. The molecule has 0 aliphatic heterocycles. The van der Waals surface area contributed by atoms with E-state index in [-0.39, 0.29) is 12.0 Å². The van der Waals surface area contributed by atoms with E-state index in [1.165, 1.54) is 6.21 Å². The first kappa shape index (κ1) is 17.1. The van der Waals surface area contributed by atoms with Crippen LogP contribution >= 0.6 is 15.9 Å². The summed E-state index contributed by atoms with van der Waals surface area (Å²) in [5.74, 6) is 0.176. The molecule has 0 aliphatic carbocycles. The Morgan fingerprint density at radius 3 is 2.83 bits per heavy atom. The largest absolute Gasteiger partial charge is 0.490 e. The fraction of sp³-hybridized carbons (Fsp3) is 0.235. The number of hydrogen-bond donors (Lipinski definition) is 1. The first-order valence-electron chi connectivity index (χ1n) is 7.19. The number of nitrogens with zero attached hydrogens (tertiary/aromatic N) is 2. The summed E-state index contributed by atoms with van der Waals surface area (Å²) in [5, 5.41) is 3.95. The summed E-state index contributed by atoms with van der Waals surface area (Å²) in [6.45, 7) is 5.71. The Balaban J connectivity index is 2.12. The van der Waals surface area contributed by atoms with Crippen LogP contribution in [0.5, 0.6) is 5.75 Å². The summed E-state index contributed by atoms with van der Waals surface area (Å²) in [5.41, 5.74) is 4.48. The molecule has 2 aromatic rings. The maximum atomic E-state index is 12.3. The lowest BCUT2D eigenvalue weighted by Crippen LogP contribution is -2.20. The van der Waals surface area contributed by atoms with E-state index >= 15 is 0 Å². The van der Waals surface area contributed by atoms with Gasteiger partial charge in [-0.3, -0.25) is 9.78 Å². The van der Waals surface area contributed by atoms with Crippen LogP contribution in [0, 0.1) is 6.92 Å². The molecular formula is C17H18BrN3O2. The molecule has 0 saturated heterocycles. The van der Waals surface area contributed by atoms with E-state index < -0.39 is 0 Å². The van der Waals surface area contributed by atoms with Crippen molar-refractivity contribution >= 4 is 28.1 Å². The van der Waals surface area contributed by atoms with Crippen LogP contribution in [0.1, 0.15) is 35.6 Å². The van der Waals surface area contributed by atoms with Crippen molar-refractivity contribution < 1.29 is 9.53 Å². The van der Waals surface area contributed by atoms with E-state index in [4.69, 9.17) is 4.74 Å². The van der Waals surface area contributed by atoms with E-state index in [1.807, 2.05) is 45.0 Å². The van der Waals surface area contributed by atoms with Gasteiger partial charge in [-0.05, 0) is 51.1 Å². The number of rotatable bonds is 5. The second-order valence-corrected chi connectivity index (χ2v) is 6.13. The molecule has 2 rings (SSSR count). The second-order valence-electron chi connectivity index (χ2n) is 5.21. The number of halogens is 1. The molecule has 0 atom stereocenters. The number of aryl methyl sites for hydroxylation is 1. The van der Waals surface area contributed by atoms with Crippen LogP contribution in [0.25, 0.3) is 0 Å². The summed E-state index contributed by atoms with van der Waals surface area (Å²) < 4.78 is 6.45. The highest BCUT2D eigenvalue weighted by Crippen LogP contribution is 2.24. The van der Waals surface area contributed by atoms with Crippen molar-refractivity contribution in [2.75, 3.05) is 0 Å². The van der Waals surface area contributed by atoms with Crippen molar-refractivity contribution in [1.82, 2.24) is 10.4 Å². The predicted molar refractivity (Wildman–Crippen MR) is 93.9 cm³/mol. The number of pyridine rings is 1. The molecule has 1 aromatic carbocycles. The Morgan fingerprint density at radius 2 is 2.13 bits per heavy atom. The molecule has 1 heterocycles. The number of aromatic nitrogens is 1. The molecule has 0 spiro atoms. The molecule has 6 heteroatoms. The van der Waals surface area contributed by atoms with E-state index in [1.54, 1.807) is 12.1 Å².